The number of thiophene rings is 1. The van der Waals surface area contributed by atoms with Gasteiger partial charge in [0.2, 0.25) is 0 Å². The Morgan fingerprint density at radius 2 is 1.84 bits per heavy atom. The summed E-state index contributed by atoms with van der Waals surface area (Å²) in [6, 6.07) is 18.0. The first-order valence-electron chi connectivity index (χ1n) is 7.49. The molecular formula is C19H14BrNO3S. The predicted octanol–water partition coefficient (Wildman–Crippen LogP) is 5.12. The average Bonchev–Trinajstić information content (AvgIpc) is 3.07. The van der Waals surface area contributed by atoms with E-state index in [-0.39, 0.29) is 12.5 Å². The van der Waals surface area contributed by atoms with Gasteiger partial charge in [-0.25, -0.2) is 4.79 Å². The summed E-state index contributed by atoms with van der Waals surface area (Å²) < 4.78 is 6.05. The maximum Gasteiger partial charge on any atom is 0.338 e. The van der Waals surface area contributed by atoms with E-state index in [9.17, 15) is 9.59 Å². The molecule has 3 rings (SSSR count). The Kier molecular flexibility index (Phi) is 5.63. The average molecular weight is 416 g/mol. The Morgan fingerprint density at radius 1 is 1.04 bits per heavy atom. The van der Waals surface area contributed by atoms with Crippen LogP contribution in [-0.2, 0) is 11.3 Å². The Balaban J connectivity index is 1.65. The van der Waals surface area contributed by atoms with E-state index in [2.05, 4.69) is 21.2 Å². The number of hydrogen-bond acceptors (Lipinski definition) is 4. The van der Waals surface area contributed by atoms with Gasteiger partial charge in [0.25, 0.3) is 5.91 Å². The lowest BCUT2D eigenvalue weighted by Gasteiger charge is -2.08. The Labute approximate surface area is 157 Å². The quantitative estimate of drug-likeness (QED) is 0.588. The summed E-state index contributed by atoms with van der Waals surface area (Å²) in [5, 5.41) is 4.62. The van der Waals surface area contributed by atoms with Gasteiger partial charge < -0.3 is 10.1 Å². The largest absolute Gasteiger partial charge is 0.457 e. The summed E-state index contributed by atoms with van der Waals surface area (Å²) >= 11 is 4.68. The number of carbonyl (C=O) groups is 2. The molecular weight excluding hydrogens is 402 g/mol. The van der Waals surface area contributed by atoms with Gasteiger partial charge in [0, 0.05) is 10.2 Å². The maximum absolute atomic E-state index is 12.2. The van der Waals surface area contributed by atoms with Gasteiger partial charge in [-0.15, -0.1) is 11.3 Å². The molecule has 0 fully saturated rings. The molecule has 1 heterocycles. The van der Waals surface area contributed by atoms with Crippen LogP contribution in [0, 0.1) is 0 Å². The van der Waals surface area contributed by atoms with Crippen LogP contribution in [0.25, 0.3) is 0 Å². The first kappa shape index (κ1) is 17.4. The van der Waals surface area contributed by atoms with Crippen LogP contribution in [0.3, 0.4) is 0 Å². The fourth-order valence-corrected chi connectivity index (χ4v) is 3.62. The molecule has 0 atom stereocenters. The van der Waals surface area contributed by atoms with Crippen molar-refractivity contribution in [1.29, 1.82) is 0 Å². The van der Waals surface area contributed by atoms with E-state index in [1.807, 2.05) is 41.8 Å². The van der Waals surface area contributed by atoms with E-state index in [1.54, 1.807) is 24.3 Å². The van der Waals surface area contributed by atoms with Crippen LogP contribution in [0.2, 0.25) is 0 Å². The van der Waals surface area contributed by atoms with Gasteiger partial charge in [-0.2, -0.15) is 0 Å². The van der Waals surface area contributed by atoms with Crippen molar-refractivity contribution in [2.24, 2.45) is 0 Å². The fraction of sp³-hybridized carbons (Fsp3) is 0.0526. The monoisotopic (exact) mass is 415 g/mol. The van der Waals surface area contributed by atoms with Gasteiger partial charge in [-0.3, -0.25) is 4.79 Å². The predicted molar refractivity (Wildman–Crippen MR) is 102 cm³/mol. The van der Waals surface area contributed by atoms with Crippen LogP contribution in [0.1, 0.15) is 25.6 Å². The summed E-state index contributed by atoms with van der Waals surface area (Å²) in [5.74, 6) is -0.658. The van der Waals surface area contributed by atoms with Crippen molar-refractivity contribution in [3.63, 3.8) is 0 Å². The van der Waals surface area contributed by atoms with Crippen LogP contribution in [0.5, 0.6) is 0 Å². The summed E-state index contributed by atoms with van der Waals surface area (Å²) in [7, 11) is 0. The third-order valence-electron chi connectivity index (χ3n) is 3.39. The number of esters is 1. The van der Waals surface area contributed by atoms with Gasteiger partial charge >= 0.3 is 5.97 Å². The second kappa shape index (κ2) is 8.09. The molecule has 0 bridgehead atoms. The van der Waals surface area contributed by atoms with E-state index in [1.165, 1.54) is 11.3 Å². The number of amides is 1. The Bertz CT molecular complexity index is 892. The molecule has 1 N–H and O–H groups in total. The van der Waals surface area contributed by atoms with Crippen molar-refractivity contribution in [1.82, 2.24) is 0 Å². The first-order chi connectivity index (χ1) is 12.1. The van der Waals surface area contributed by atoms with Crippen molar-refractivity contribution in [2.45, 2.75) is 6.61 Å². The SMILES string of the molecule is O=C(OCc1ccccc1)c1cccc(NC(=O)c2sccc2Br)c1. The number of halogens is 1. The molecule has 0 radical (unpaired) electrons. The summed E-state index contributed by atoms with van der Waals surface area (Å²) in [6.07, 6.45) is 0. The molecule has 0 aliphatic rings. The number of anilines is 1. The van der Waals surface area contributed by atoms with Crippen LogP contribution < -0.4 is 5.32 Å². The smallest absolute Gasteiger partial charge is 0.338 e. The van der Waals surface area contributed by atoms with Crippen molar-refractivity contribution < 1.29 is 14.3 Å². The summed E-state index contributed by atoms with van der Waals surface area (Å²) in [6.45, 7) is 0.207. The molecule has 4 nitrogen and oxygen atoms in total. The topological polar surface area (TPSA) is 55.4 Å². The minimum Gasteiger partial charge on any atom is -0.457 e. The van der Waals surface area contributed by atoms with Crippen molar-refractivity contribution in [2.75, 3.05) is 5.32 Å². The van der Waals surface area contributed by atoms with Gasteiger partial charge in [0.15, 0.2) is 0 Å². The molecule has 0 aliphatic carbocycles. The molecule has 3 aromatic rings. The highest BCUT2D eigenvalue weighted by Crippen LogP contribution is 2.24. The Hall–Kier alpha value is -2.44. The van der Waals surface area contributed by atoms with E-state index >= 15 is 0 Å². The lowest BCUT2D eigenvalue weighted by Crippen LogP contribution is -2.12. The molecule has 6 heteroatoms. The lowest BCUT2D eigenvalue weighted by molar-refractivity contribution is 0.0472. The van der Waals surface area contributed by atoms with Crippen LogP contribution >= 0.6 is 27.3 Å². The van der Waals surface area contributed by atoms with Crippen molar-refractivity contribution in [3.05, 3.63) is 86.5 Å². The fourth-order valence-electron chi connectivity index (χ4n) is 2.17. The maximum atomic E-state index is 12.2. The van der Waals surface area contributed by atoms with Crippen LogP contribution in [0.15, 0.2) is 70.5 Å². The molecule has 1 amide bonds. The van der Waals surface area contributed by atoms with Crippen LogP contribution in [0.4, 0.5) is 5.69 Å². The highest BCUT2D eigenvalue weighted by molar-refractivity contribution is 9.10. The standard InChI is InChI=1S/C19H14BrNO3S/c20-16-9-10-25-17(16)18(22)21-15-8-4-7-14(11-15)19(23)24-12-13-5-2-1-3-6-13/h1-11H,12H2,(H,21,22). The third-order valence-corrected chi connectivity index (χ3v) is 5.23. The molecule has 0 unspecified atom stereocenters. The molecule has 0 saturated heterocycles. The Morgan fingerprint density at radius 3 is 2.56 bits per heavy atom. The van der Waals surface area contributed by atoms with E-state index in [4.69, 9.17) is 4.74 Å². The van der Waals surface area contributed by atoms with Gasteiger partial charge in [0.1, 0.15) is 11.5 Å². The first-order valence-corrected chi connectivity index (χ1v) is 9.16. The third kappa shape index (κ3) is 4.55. The number of ether oxygens (including phenoxy) is 1. The normalized spacial score (nSPS) is 10.3. The van der Waals surface area contributed by atoms with Gasteiger partial charge in [-0.05, 0) is 51.1 Å². The molecule has 1 aromatic heterocycles. The van der Waals surface area contributed by atoms with E-state index in [0.717, 1.165) is 10.0 Å². The second-order valence-electron chi connectivity index (χ2n) is 5.19. The van der Waals surface area contributed by atoms with Gasteiger partial charge in [-0.1, -0.05) is 36.4 Å². The lowest BCUT2D eigenvalue weighted by atomic mass is 10.2. The number of rotatable bonds is 5. The van der Waals surface area contributed by atoms with Gasteiger partial charge in [0.05, 0.1) is 5.56 Å². The van der Waals surface area contributed by atoms with Crippen molar-refractivity contribution >= 4 is 44.8 Å². The second-order valence-corrected chi connectivity index (χ2v) is 6.96. The molecule has 2 aromatic carbocycles. The minimum absolute atomic E-state index is 0.207. The molecule has 0 aliphatic heterocycles. The van der Waals surface area contributed by atoms with Crippen LogP contribution in [-0.4, -0.2) is 11.9 Å². The van der Waals surface area contributed by atoms with E-state index in [0.29, 0.717) is 16.1 Å². The molecule has 126 valence electrons. The van der Waals surface area contributed by atoms with E-state index < -0.39 is 5.97 Å². The highest BCUT2D eigenvalue weighted by atomic mass is 79.9. The highest BCUT2D eigenvalue weighted by Gasteiger charge is 2.13. The zero-order valence-corrected chi connectivity index (χ0v) is 15.5. The number of hydrogen-bond donors (Lipinski definition) is 1. The van der Waals surface area contributed by atoms with Crippen molar-refractivity contribution in [3.8, 4) is 0 Å². The molecule has 0 spiro atoms. The molecule has 25 heavy (non-hydrogen) atoms. The molecule has 0 saturated carbocycles. The summed E-state index contributed by atoms with van der Waals surface area (Å²) in [4.78, 5) is 25.0. The number of carbonyl (C=O) groups excluding carboxylic acids is 2. The minimum atomic E-state index is -0.433. The number of benzene rings is 2. The zero-order valence-electron chi connectivity index (χ0n) is 13.1. The zero-order chi connectivity index (χ0) is 17.6. The number of nitrogens with one attached hydrogen (secondary N) is 1. The summed E-state index contributed by atoms with van der Waals surface area (Å²) in [5.41, 5.74) is 1.85.